The molecule has 0 saturated carbocycles. The lowest BCUT2D eigenvalue weighted by molar-refractivity contribution is -0.385. The van der Waals surface area contributed by atoms with Crippen LogP contribution >= 0.6 is 23.2 Å². The number of amides is 2. The number of nitrogens with one attached hydrogen (secondary N) is 1. The summed E-state index contributed by atoms with van der Waals surface area (Å²) in [5, 5.41) is 13.8. The molecule has 1 heterocycles. The number of rotatable bonds is 7. The minimum absolute atomic E-state index is 0.0953. The van der Waals surface area contributed by atoms with Gasteiger partial charge in [-0.15, -0.1) is 0 Å². The van der Waals surface area contributed by atoms with Crippen LogP contribution in [0.3, 0.4) is 0 Å². The highest BCUT2D eigenvalue weighted by Gasteiger charge is 2.40. The van der Waals surface area contributed by atoms with Crippen molar-refractivity contribution in [1.29, 1.82) is 0 Å². The summed E-state index contributed by atoms with van der Waals surface area (Å²) in [4.78, 5) is 49.6. The van der Waals surface area contributed by atoms with Crippen molar-refractivity contribution in [3.8, 4) is 11.5 Å². The first-order chi connectivity index (χ1) is 17.2. The van der Waals surface area contributed by atoms with Crippen LogP contribution < -0.4 is 19.7 Å². The second kappa shape index (κ2) is 10.1. The zero-order chi connectivity index (χ0) is 26.0. The Balaban J connectivity index is 1.52. The molecular weight excluding hydrogens is 513 g/mol. The fourth-order valence-corrected chi connectivity index (χ4v) is 3.73. The summed E-state index contributed by atoms with van der Waals surface area (Å²) in [5.41, 5.74) is 0.0299. The molecule has 3 aromatic carbocycles. The van der Waals surface area contributed by atoms with Crippen molar-refractivity contribution in [3.05, 3.63) is 98.2 Å². The molecule has 0 atom stereocenters. The zero-order valence-electron chi connectivity index (χ0n) is 18.4. The number of hydrogen-bond donors (Lipinski definition) is 1. The lowest BCUT2D eigenvalue weighted by atomic mass is 10.2. The fourth-order valence-electron chi connectivity index (χ4n) is 3.36. The number of anilines is 2. The van der Waals surface area contributed by atoms with Crippen molar-refractivity contribution in [2.24, 2.45) is 0 Å². The average molecular weight is 528 g/mol. The maximum absolute atomic E-state index is 13.0. The standard InChI is InChI=1S/C24H15Cl2N3O7/c1-35-18-11-8-14(25)12-17(18)28-22(30)20(26)21(23(28)31)27-15-9-6-13(7-10-15)24(32)36-19-5-3-2-4-16(19)29(33)34/h2-12,27H,1H3. The molecule has 0 aromatic heterocycles. The predicted molar refractivity (Wildman–Crippen MR) is 131 cm³/mol. The molecule has 0 unspecified atom stereocenters. The van der Waals surface area contributed by atoms with Gasteiger partial charge < -0.3 is 14.8 Å². The molecule has 10 nitrogen and oxygen atoms in total. The molecule has 0 bridgehead atoms. The van der Waals surface area contributed by atoms with Gasteiger partial charge in [0.25, 0.3) is 11.8 Å². The van der Waals surface area contributed by atoms with Gasteiger partial charge in [0.05, 0.1) is 23.3 Å². The van der Waals surface area contributed by atoms with Gasteiger partial charge in [0.2, 0.25) is 5.75 Å². The Morgan fingerprint density at radius 2 is 1.67 bits per heavy atom. The number of nitro groups is 1. The summed E-state index contributed by atoms with van der Waals surface area (Å²) >= 11 is 12.2. The molecule has 1 aliphatic rings. The van der Waals surface area contributed by atoms with E-state index < -0.39 is 22.7 Å². The second-order valence-electron chi connectivity index (χ2n) is 7.27. The van der Waals surface area contributed by atoms with Crippen molar-refractivity contribution >= 4 is 58.0 Å². The van der Waals surface area contributed by atoms with Gasteiger partial charge in [0.15, 0.2) is 0 Å². The number of carbonyl (C=O) groups excluding carboxylic acids is 3. The molecule has 0 radical (unpaired) electrons. The van der Waals surface area contributed by atoms with E-state index >= 15 is 0 Å². The van der Waals surface area contributed by atoms with Crippen LogP contribution in [0, 0.1) is 10.1 Å². The van der Waals surface area contributed by atoms with Crippen LogP contribution in [0.25, 0.3) is 0 Å². The van der Waals surface area contributed by atoms with E-state index in [2.05, 4.69) is 5.32 Å². The average Bonchev–Trinajstić information content (AvgIpc) is 3.07. The van der Waals surface area contributed by atoms with Gasteiger partial charge in [-0.25, -0.2) is 9.69 Å². The number of carbonyl (C=O) groups is 3. The number of imide groups is 1. The molecule has 0 fully saturated rings. The fraction of sp³-hybridized carbons (Fsp3) is 0.0417. The van der Waals surface area contributed by atoms with E-state index in [0.29, 0.717) is 5.69 Å². The minimum atomic E-state index is -0.820. The maximum Gasteiger partial charge on any atom is 0.343 e. The quantitative estimate of drug-likeness (QED) is 0.151. The van der Waals surface area contributed by atoms with Crippen molar-refractivity contribution < 1.29 is 28.8 Å². The monoisotopic (exact) mass is 527 g/mol. The Morgan fingerprint density at radius 1 is 0.972 bits per heavy atom. The molecule has 1 aliphatic heterocycles. The molecular formula is C24H15Cl2N3O7. The molecule has 36 heavy (non-hydrogen) atoms. The summed E-state index contributed by atoms with van der Waals surface area (Å²) in [6.45, 7) is 0. The topological polar surface area (TPSA) is 128 Å². The molecule has 1 N–H and O–H groups in total. The van der Waals surface area contributed by atoms with E-state index in [-0.39, 0.29) is 44.2 Å². The van der Waals surface area contributed by atoms with Crippen molar-refractivity contribution in [2.75, 3.05) is 17.3 Å². The second-order valence-corrected chi connectivity index (χ2v) is 8.08. The number of halogens is 2. The van der Waals surface area contributed by atoms with E-state index in [1.807, 2.05) is 0 Å². The molecule has 0 aliphatic carbocycles. The van der Waals surface area contributed by atoms with Gasteiger partial charge in [0.1, 0.15) is 16.5 Å². The summed E-state index contributed by atoms with van der Waals surface area (Å²) in [6, 6.07) is 15.6. The number of esters is 1. The van der Waals surface area contributed by atoms with Crippen molar-refractivity contribution in [2.45, 2.75) is 0 Å². The third-order valence-electron chi connectivity index (χ3n) is 5.06. The van der Waals surface area contributed by atoms with E-state index in [9.17, 15) is 24.5 Å². The van der Waals surface area contributed by atoms with E-state index in [1.54, 1.807) is 6.07 Å². The Labute approximate surface area is 213 Å². The molecule has 0 spiro atoms. The van der Waals surface area contributed by atoms with Crippen LogP contribution in [-0.4, -0.2) is 29.8 Å². The van der Waals surface area contributed by atoms with E-state index in [1.165, 1.54) is 67.8 Å². The summed E-state index contributed by atoms with van der Waals surface area (Å²) in [7, 11) is 1.38. The van der Waals surface area contributed by atoms with Crippen LogP contribution in [0.4, 0.5) is 17.1 Å². The zero-order valence-corrected chi connectivity index (χ0v) is 19.9. The Kier molecular flexibility index (Phi) is 6.91. The third kappa shape index (κ3) is 4.72. The first-order valence-corrected chi connectivity index (χ1v) is 10.9. The number of para-hydroxylation sites is 2. The van der Waals surface area contributed by atoms with E-state index in [0.717, 1.165) is 4.90 Å². The van der Waals surface area contributed by atoms with Gasteiger partial charge in [-0.1, -0.05) is 35.3 Å². The Bertz CT molecular complexity index is 1440. The number of nitrogens with zero attached hydrogens (tertiary/aromatic N) is 2. The number of ether oxygens (including phenoxy) is 2. The number of benzene rings is 3. The maximum atomic E-state index is 13.0. The predicted octanol–water partition coefficient (Wildman–Crippen LogP) is 4.91. The van der Waals surface area contributed by atoms with Crippen LogP contribution in [0.2, 0.25) is 5.02 Å². The van der Waals surface area contributed by atoms with Gasteiger partial charge >= 0.3 is 11.7 Å². The molecule has 0 saturated heterocycles. The van der Waals surface area contributed by atoms with Crippen LogP contribution in [0.15, 0.2) is 77.5 Å². The van der Waals surface area contributed by atoms with Gasteiger partial charge in [0, 0.05) is 16.8 Å². The summed E-state index contributed by atoms with van der Waals surface area (Å²) in [5.74, 6) is -2.27. The largest absolute Gasteiger partial charge is 0.495 e. The number of nitro benzene ring substituents is 1. The molecule has 4 rings (SSSR count). The first kappa shape index (κ1) is 24.7. The SMILES string of the molecule is COc1ccc(Cl)cc1N1C(=O)C(Cl)=C(Nc2ccc(C(=O)Oc3ccccc3[N+](=O)[O-])cc2)C1=O. The van der Waals surface area contributed by atoms with Gasteiger partial charge in [-0.2, -0.15) is 0 Å². The Morgan fingerprint density at radius 3 is 2.33 bits per heavy atom. The molecule has 12 heteroatoms. The first-order valence-electron chi connectivity index (χ1n) is 10.2. The van der Waals surface area contributed by atoms with Gasteiger partial charge in [-0.05, 0) is 48.5 Å². The van der Waals surface area contributed by atoms with Crippen molar-refractivity contribution in [1.82, 2.24) is 0 Å². The van der Waals surface area contributed by atoms with Crippen molar-refractivity contribution in [3.63, 3.8) is 0 Å². The van der Waals surface area contributed by atoms with Crippen LogP contribution in [0.1, 0.15) is 10.4 Å². The minimum Gasteiger partial charge on any atom is -0.495 e. The van der Waals surface area contributed by atoms with Gasteiger partial charge in [-0.3, -0.25) is 19.7 Å². The Hall–Kier alpha value is -4.41. The molecule has 182 valence electrons. The van der Waals surface area contributed by atoms with E-state index in [4.69, 9.17) is 32.7 Å². The van der Waals surface area contributed by atoms with Crippen LogP contribution in [-0.2, 0) is 9.59 Å². The smallest absolute Gasteiger partial charge is 0.343 e. The highest BCUT2D eigenvalue weighted by Crippen LogP contribution is 2.37. The number of hydrogen-bond acceptors (Lipinski definition) is 8. The highest BCUT2D eigenvalue weighted by atomic mass is 35.5. The lowest BCUT2D eigenvalue weighted by Gasteiger charge is -2.18. The highest BCUT2D eigenvalue weighted by molar-refractivity contribution is 6.53. The summed E-state index contributed by atoms with van der Waals surface area (Å²) < 4.78 is 10.4. The molecule has 2 amide bonds. The number of methoxy groups -OCH3 is 1. The third-order valence-corrected chi connectivity index (χ3v) is 5.65. The lowest BCUT2D eigenvalue weighted by Crippen LogP contribution is -2.32. The normalized spacial score (nSPS) is 13.1. The molecule has 3 aromatic rings. The van der Waals surface area contributed by atoms with Crippen LogP contribution in [0.5, 0.6) is 11.5 Å². The summed E-state index contributed by atoms with van der Waals surface area (Å²) in [6.07, 6.45) is 0.